The van der Waals surface area contributed by atoms with Crippen molar-refractivity contribution in [1.82, 2.24) is 35.4 Å². The number of amides is 5. The molecular weight excluding hydrogens is 772 g/mol. The molecule has 1 saturated heterocycles. The molecule has 15 nitrogen and oxygen atoms in total. The van der Waals surface area contributed by atoms with E-state index in [1.165, 1.54) is 31.2 Å². The van der Waals surface area contributed by atoms with Crippen LogP contribution in [-0.2, 0) is 35.3 Å². The van der Waals surface area contributed by atoms with Gasteiger partial charge in [-0.25, -0.2) is 17.9 Å². The lowest BCUT2D eigenvalue weighted by atomic mass is 10.0. The van der Waals surface area contributed by atoms with Gasteiger partial charge in [-0.3, -0.25) is 23.9 Å². The van der Waals surface area contributed by atoms with E-state index in [4.69, 9.17) is 4.74 Å². The Kier molecular flexibility index (Phi) is 12.8. The predicted molar refractivity (Wildman–Crippen MR) is 201 cm³/mol. The maximum absolute atomic E-state index is 14.5. The van der Waals surface area contributed by atoms with Gasteiger partial charge in [0.15, 0.2) is 5.69 Å². The molecular formula is C38H50F3N7O8S. The molecule has 19 heteroatoms. The number of carbonyl (C=O) groups is 5. The van der Waals surface area contributed by atoms with Crippen LogP contribution in [0.5, 0.6) is 0 Å². The number of aromatic nitrogens is 2. The molecule has 0 spiro atoms. The van der Waals surface area contributed by atoms with Crippen molar-refractivity contribution in [3.63, 3.8) is 0 Å². The number of nitrogens with zero attached hydrogens (tertiary/aromatic N) is 3. The molecule has 3 aliphatic rings. The van der Waals surface area contributed by atoms with E-state index >= 15 is 0 Å². The van der Waals surface area contributed by atoms with Crippen LogP contribution in [0.2, 0.25) is 0 Å². The molecule has 0 radical (unpaired) electrons. The van der Waals surface area contributed by atoms with E-state index in [1.807, 2.05) is 6.08 Å². The Morgan fingerprint density at radius 2 is 1.77 bits per heavy atom. The standard InChI is InChI=1S/C38H50F3N7O8S/c1-6-23(2)57(54,55)46-34(52)37-20-24(37)15-11-8-7-9-14-18-28(44-35(53)56-36(3,4)5)33(51)47-22-25(19-29(47)32(50)45-37)43-31(49)27-21-42-48(30(27)38(39,40)41)26-16-12-10-13-17-26/h10-13,15-17,21,23-25,28-29H,6-9,14,18-20,22H2,1-5H3,(H,43,49)(H,44,53)(H,45,50)(H,46,52)/b15-11-/t23?,24-,25-,28+,29+,37-/m1/s1. The number of alkyl halides is 3. The molecule has 1 unspecified atom stereocenters. The molecule has 0 bridgehead atoms. The predicted octanol–water partition coefficient (Wildman–Crippen LogP) is 4.12. The zero-order valence-electron chi connectivity index (χ0n) is 32.5. The topological polar surface area (TPSA) is 198 Å². The Morgan fingerprint density at radius 1 is 1.07 bits per heavy atom. The quantitative estimate of drug-likeness (QED) is 0.283. The second-order valence-electron chi connectivity index (χ2n) is 15.8. The molecule has 4 N–H and O–H groups in total. The summed E-state index contributed by atoms with van der Waals surface area (Å²) in [5.41, 5.74) is -4.66. The lowest BCUT2D eigenvalue weighted by molar-refractivity contribution is -0.143. The van der Waals surface area contributed by atoms with Crippen molar-refractivity contribution in [2.24, 2.45) is 5.92 Å². The second-order valence-corrected chi connectivity index (χ2v) is 17.9. The number of para-hydroxylation sites is 1. The van der Waals surface area contributed by atoms with E-state index in [0.29, 0.717) is 30.4 Å². The Hall–Kier alpha value is -4.94. The van der Waals surface area contributed by atoms with Crippen LogP contribution in [0.4, 0.5) is 18.0 Å². The van der Waals surface area contributed by atoms with Crippen LogP contribution in [0.1, 0.15) is 102 Å². The number of rotatable bonds is 8. The molecule has 1 aliphatic carbocycles. The van der Waals surface area contributed by atoms with Crippen LogP contribution in [0.15, 0.2) is 48.7 Å². The molecule has 2 aliphatic heterocycles. The molecule has 2 aromatic rings. The first-order valence-electron chi connectivity index (χ1n) is 19.0. The molecule has 5 amide bonds. The minimum absolute atomic E-state index is 0.0598. The van der Waals surface area contributed by atoms with E-state index < -0.39 is 97.6 Å². The molecule has 1 aromatic carbocycles. The lowest BCUT2D eigenvalue weighted by Gasteiger charge is -2.30. The van der Waals surface area contributed by atoms with Gasteiger partial charge in [-0.1, -0.05) is 50.1 Å². The fourth-order valence-corrected chi connectivity index (χ4v) is 8.11. The molecule has 3 heterocycles. The summed E-state index contributed by atoms with van der Waals surface area (Å²) in [6.07, 6.45) is 1.04. The van der Waals surface area contributed by atoms with Crippen molar-refractivity contribution in [3.8, 4) is 5.69 Å². The van der Waals surface area contributed by atoms with Gasteiger partial charge in [-0.05, 0) is 78.4 Å². The lowest BCUT2D eigenvalue weighted by Crippen LogP contribution is -2.58. The van der Waals surface area contributed by atoms with Crippen molar-refractivity contribution < 1.29 is 50.3 Å². The second kappa shape index (κ2) is 16.9. The highest BCUT2D eigenvalue weighted by atomic mass is 32.2. The smallest absolute Gasteiger partial charge is 0.434 e. The van der Waals surface area contributed by atoms with Gasteiger partial charge in [0.05, 0.1) is 22.7 Å². The zero-order valence-corrected chi connectivity index (χ0v) is 33.3. The van der Waals surface area contributed by atoms with Crippen molar-refractivity contribution in [2.75, 3.05) is 6.54 Å². The highest BCUT2D eigenvalue weighted by Crippen LogP contribution is 2.46. The van der Waals surface area contributed by atoms with Crippen molar-refractivity contribution in [1.29, 1.82) is 0 Å². The van der Waals surface area contributed by atoms with E-state index in [0.717, 1.165) is 11.1 Å². The van der Waals surface area contributed by atoms with Gasteiger partial charge in [0.1, 0.15) is 23.2 Å². The van der Waals surface area contributed by atoms with Crippen LogP contribution in [0.3, 0.4) is 0 Å². The number of fused-ring (bicyclic) bond motifs is 2. The van der Waals surface area contributed by atoms with Gasteiger partial charge in [-0.2, -0.15) is 18.3 Å². The number of halogens is 3. The Labute approximate surface area is 329 Å². The number of hydrogen-bond donors (Lipinski definition) is 4. The van der Waals surface area contributed by atoms with Gasteiger partial charge >= 0.3 is 12.3 Å². The van der Waals surface area contributed by atoms with Crippen LogP contribution < -0.4 is 20.7 Å². The number of hydrogen-bond acceptors (Lipinski definition) is 9. The summed E-state index contributed by atoms with van der Waals surface area (Å²) in [6.45, 7) is 7.66. The Balaban J connectivity index is 1.48. The van der Waals surface area contributed by atoms with Crippen LogP contribution in [0, 0.1) is 5.92 Å². The van der Waals surface area contributed by atoms with Gasteiger partial charge in [0, 0.05) is 18.5 Å². The van der Waals surface area contributed by atoms with Crippen molar-refractivity contribution >= 4 is 39.7 Å². The number of alkyl carbamates (subject to hydrolysis) is 1. The van der Waals surface area contributed by atoms with Gasteiger partial charge in [-0.15, -0.1) is 0 Å². The monoisotopic (exact) mass is 821 g/mol. The average Bonchev–Trinajstić information content (AvgIpc) is 3.42. The molecule has 57 heavy (non-hydrogen) atoms. The minimum atomic E-state index is -5.01. The largest absolute Gasteiger partial charge is 0.444 e. The molecule has 6 atom stereocenters. The molecule has 5 rings (SSSR count). The number of carbonyl (C=O) groups excluding carboxylic acids is 5. The van der Waals surface area contributed by atoms with Crippen LogP contribution in [0.25, 0.3) is 5.69 Å². The molecule has 1 aromatic heterocycles. The fourth-order valence-electron chi connectivity index (χ4n) is 7.03. The third-order valence-corrected chi connectivity index (χ3v) is 12.2. The van der Waals surface area contributed by atoms with E-state index in [-0.39, 0.29) is 37.9 Å². The number of sulfonamides is 1. The Bertz CT molecular complexity index is 1980. The maximum atomic E-state index is 14.5. The maximum Gasteiger partial charge on any atom is 0.434 e. The molecule has 1 saturated carbocycles. The van der Waals surface area contributed by atoms with Gasteiger partial charge in [0.2, 0.25) is 21.8 Å². The van der Waals surface area contributed by atoms with Crippen molar-refractivity contribution in [3.05, 3.63) is 59.9 Å². The van der Waals surface area contributed by atoms with E-state index in [9.17, 15) is 45.6 Å². The number of ether oxygens (including phenoxy) is 1. The summed E-state index contributed by atoms with van der Waals surface area (Å²) in [5, 5.41) is 10.8. The van der Waals surface area contributed by atoms with Crippen molar-refractivity contribution in [2.45, 2.75) is 127 Å². The zero-order chi connectivity index (χ0) is 41.9. The first kappa shape index (κ1) is 43.2. The normalized spacial score (nSPS) is 25.7. The summed E-state index contributed by atoms with van der Waals surface area (Å²) in [6, 6.07) is 3.76. The number of nitrogens with one attached hydrogen (secondary N) is 4. The van der Waals surface area contributed by atoms with Crippen LogP contribution >= 0.6 is 0 Å². The van der Waals surface area contributed by atoms with Gasteiger partial charge in [0.25, 0.3) is 11.8 Å². The summed E-state index contributed by atoms with van der Waals surface area (Å²) in [4.78, 5) is 70.1. The fraction of sp³-hybridized carbons (Fsp3) is 0.579. The van der Waals surface area contributed by atoms with Gasteiger partial charge < -0.3 is 25.6 Å². The number of allylic oxidation sites excluding steroid dienone is 1. The van der Waals surface area contributed by atoms with E-state index in [2.05, 4.69) is 25.8 Å². The molecule has 312 valence electrons. The summed E-state index contributed by atoms with van der Waals surface area (Å²) in [7, 11) is -4.12. The summed E-state index contributed by atoms with van der Waals surface area (Å²) >= 11 is 0. The average molecular weight is 822 g/mol. The number of benzene rings is 1. The highest BCUT2D eigenvalue weighted by molar-refractivity contribution is 7.90. The summed E-state index contributed by atoms with van der Waals surface area (Å²) in [5.74, 6) is -4.26. The molecule has 2 fully saturated rings. The SMILES string of the molecule is CCC(C)S(=O)(=O)NC(=O)[C@@]12C[C@H]1/C=C\CCCCC[C@H](NC(=O)OC(C)(C)C)C(=O)N1C[C@H](NC(=O)c3cnn(-c4ccccc4)c3C(F)(F)F)C[C@H]1C(=O)N2. The highest BCUT2D eigenvalue weighted by Gasteiger charge is 2.62. The third kappa shape index (κ3) is 10.1. The minimum Gasteiger partial charge on any atom is -0.444 e. The first-order chi connectivity index (χ1) is 26.7. The van der Waals surface area contributed by atoms with E-state index in [1.54, 1.807) is 39.8 Å². The summed E-state index contributed by atoms with van der Waals surface area (Å²) < 4.78 is 77.4. The first-order valence-corrected chi connectivity index (χ1v) is 20.6. The third-order valence-electron chi connectivity index (χ3n) is 10.3. The van der Waals surface area contributed by atoms with Crippen LogP contribution in [-0.4, -0.2) is 93.9 Å². The Morgan fingerprint density at radius 3 is 2.42 bits per heavy atom.